The van der Waals surface area contributed by atoms with E-state index < -0.39 is 20.5 Å². The minimum Gasteiger partial charge on any atom is -0.405 e. The van der Waals surface area contributed by atoms with Crippen molar-refractivity contribution in [3.8, 4) is 0 Å². The molecule has 0 spiro atoms. The third-order valence-corrected chi connectivity index (χ3v) is 10.2. The van der Waals surface area contributed by atoms with E-state index in [1.807, 2.05) is 36.4 Å². The van der Waals surface area contributed by atoms with E-state index in [0.29, 0.717) is 6.29 Å². The lowest BCUT2D eigenvalue weighted by molar-refractivity contribution is -0.168. The molecule has 0 radical (unpaired) electrons. The van der Waals surface area contributed by atoms with Gasteiger partial charge < -0.3 is 28.2 Å². The second kappa shape index (κ2) is 12.2. The highest BCUT2D eigenvalue weighted by Crippen LogP contribution is 2.37. The molecule has 0 bridgehead atoms. The molecule has 0 amide bonds. The van der Waals surface area contributed by atoms with E-state index in [-0.39, 0.29) is 25.2 Å². The Morgan fingerprint density at radius 3 is 1.74 bits per heavy atom. The minimum absolute atomic E-state index is 0.0184. The Morgan fingerprint density at radius 2 is 1.32 bits per heavy atom. The van der Waals surface area contributed by atoms with Gasteiger partial charge in [-0.15, -0.1) is 0 Å². The van der Waals surface area contributed by atoms with Crippen molar-refractivity contribution in [2.24, 2.45) is 0 Å². The molecular weight excluding hydrogens is 412 g/mol. The molecule has 0 aliphatic heterocycles. The Bertz CT molecular complexity index is 723. The Labute approximate surface area is 186 Å². The minimum atomic E-state index is -2.76. The molecule has 0 aliphatic carbocycles. The fourth-order valence-corrected chi connectivity index (χ4v) is 8.31. The summed E-state index contributed by atoms with van der Waals surface area (Å²) in [5.74, 6) is 0. The summed E-state index contributed by atoms with van der Waals surface area (Å²) in [4.78, 5) is 11.7. The predicted molar refractivity (Wildman–Crippen MR) is 123 cm³/mol. The lowest BCUT2D eigenvalue weighted by Gasteiger charge is -2.43. The van der Waals surface area contributed by atoms with Crippen molar-refractivity contribution in [3.05, 3.63) is 60.7 Å². The Morgan fingerprint density at radius 1 is 0.839 bits per heavy atom. The maximum Gasteiger partial charge on any atom is 0.261 e. The predicted octanol–water partition coefficient (Wildman–Crippen LogP) is 2.74. The number of methoxy groups -OCH3 is 2. The summed E-state index contributed by atoms with van der Waals surface area (Å²) in [5, 5.41) is 2.12. The lowest BCUT2D eigenvalue weighted by atomic mass is 10.2. The topological polar surface area (TPSA) is 63.2 Å². The molecule has 0 heterocycles. The number of rotatable bonds is 13. The third kappa shape index (κ3) is 6.32. The fraction of sp³-hybridized carbons (Fsp3) is 0.458. The average molecular weight is 447 g/mol. The second-order valence-electron chi connectivity index (χ2n) is 8.26. The van der Waals surface area contributed by atoms with Gasteiger partial charge in [-0.3, -0.25) is 0 Å². The summed E-state index contributed by atoms with van der Waals surface area (Å²) in [5.41, 5.74) is 0. The molecule has 2 aromatic rings. The number of aldehydes is 1. The zero-order valence-electron chi connectivity index (χ0n) is 19.1. The van der Waals surface area contributed by atoms with Crippen LogP contribution in [0.1, 0.15) is 20.8 Å². The largest absolute Gasteiger partial charge is 0.405 e. The molecule has 2 rings (SSSR count). The molecule has 0 aromatic heterocycles. The second-order valence-corrected chi connectivity index (χ2v) is 12.6. The Balaban J connectivity index is 2.47. The van der Waals surface area contributed by atoms with Crippen LogP contribution in [0.5, 0.6) is 0 Å². The number of ether oxygens (including phenoxy) is 4. The molecule has 0 saturated heterocycles. The van der Waals surface area contributed by atoms with Crippen LogP contribution in [-0.4, -0.2) is 61.2 Å². The molecule has 0 saturated carbocycles. The van der Waals surface area contributed by atoms with Crippen LogP contribution in [0.25, 0.3) is 0 Å². The zero-order valence-corrected chi connectivity index (χ0v) is 20.1. The van der Waals surface area contributed by atoms with Crippen molar-refractivity contribution >= 4 is 25.0 Å². The molecule has 0 unspecified atom stereocenters. The van der Waals surface area contributed by atoms with E-state index in [1.165, 1.54) is 14.2 Å². The summed E-state index contributed by atoms with van der Waals surface area (Å²) in [6.07, 6.45) is -0.767. The van der Waals surface area contributed by atoms with Gasteiger partial charge >= 0.3 is 0 Å². The van der Waals surface area contributed by atoms with Gasteiger partial charge in [0.2, 0.25) is 0 Å². The van der Waals surface area contributed by atoms with Gasteiger partial charge in [0.1, 0.15) is 25.8 Å². The van der Waals surface area contributed by atoms with Crippen LogP contribution in [-0.2, 0) is 28.2 Å². The van der Waals surface area contributed by atoms with E-state index in [9.17, 15) is 4.79 Å². The van der Waals surface area contributed by atoms with E-state index in [0.717, 1.165) is 10.4 Å². The van der Waals surface area contributed by atoms with E-state index in [1.54, 1.807) is 0 Å². The van der Waals surface area contributed by atoms with Crippen molar-refractivity contribution in [1.82, 2.24) is 0 Å². The summed E-state index contributed by atoms with van der Waals surface area (Å²) < 4.78 is 28.2. The highest BCUT2D eigenvalue weighted by Gasteiger charge is 2.50. The first-order chi connectivity index (χ1) is 14.9. The van der Waals surface area contributed by atoms with Crippen molar-refractivity contribution in [2.45, 2.75) is 38.0 Å². The van der Waals surface area contributed by atoms with E-state index in [4.69, 9.17) is 23.4 Å². The summed E-state index contributed by atoms with van der Waals surface area (Å²) in [7, 11) is 0.275. The lowest BCUT2D eigenvalue weighted by Crippen LogP contribution is -2.67. The van der Waals surface area contributed by atoms with Gasteiger partial charge in [0.25, 0.3) is 8.32 Å². The highest BCUT2D eigenvalue weighted by atomic mass is 28.4. The molecule has 0 N–H and O–H groups in total. The first kappa shape index (κ1) is 25.4. The molecule has 31 heavy (non-hydrogen) atoms. The van der Waals surface area contributed by atoms with Gasteiger partial charge in [0.05, 0.1) is 6.61 Å². The van der Waals surface area contributed by atoms with Crippen molar-refractivity contribution in [3.63, 3.8) is 0 Å². The molecule has 0 fully saturated rings. The van der Waals surface area contributed by atoms with Crippen molar-refractivity contribution in [1.29, 1.82) is 0 Å². The van der Waals surface area contributed by atoms with Crippen LogP contribution in [0.3, 0.4) is 0 Å². The Kier molecular flexibility index (Phi) is 10.0. The van der Waals surface area contributed by atoms with E-state index in [2.05, 4.69) is 45.0 Å². The molecule has 170 valence electrons. The van der Waals surface area contributed by atoms with Crippen LogP contribution in [0.4, 0.5) is 0 Å². The fourth-order valence-electron chi connectivity index (χ4n) is 3.74. The van der Waals surface area contributed by atoms with Crippen LogP contribution in [0.15, 0.2) is 60.7 Å². The smallest absolute Gasteiger partial charge is 0.261 e. The van der Waals surface area contributed by atoms with Crippen LogP contribution >= 0.6 is 0 Å². The third-order valence-electron chi connectivity index (χ3n) is 5.16. The number of hydrogen-bond acceptors (Lipinski definition) is 6. The number of carbonyl (C=O) groups excluding carboxylic acids is 1. The van der Waals surface area contributed by atoms with Crippen LogP contribution in [0, 0.1) is 0 Å². The maximum atomic E-state index is 11.7. The van der Waals surface area contributed by atoms with Crippen molar-refractivity contribution < 1.29 is 28.2 Å². The van der Waals surface area contributed by atoms with E-state index >= 15 is 0 Å². The highest BCUT2D eigenvalue weighted by molar-refractivity contribution is 6.99. The molecule has 0 aliphatic rings. The van der Waals surface area contributed by atoms with Gasteiger partial charge in [-0.25, -0.2) is 0 Å². The normalized spacial score (nSPS) is 14.2. The van der Waals surface area contributed by atoms with Crippen LogP contribution in [0.2, 0.25) is 5.04 Å². The molecule has 2 atom stereocenters. The summed E-state index contributed by atoms with van der Waals surface area (Å²) in [6.45, 7) is 6.77. The zero-order chi connectivity index (χ0) is 22.7. The average Bonchev–Trinajstić information content (AvgIpc) is 2.78. The van der Waals surface area contributed by atoms with Crippen molar-refractivity contribution in [2.75, 3.05) is 34.4 Å². The van der Waals surface area contributed by atoms with Crippen LogP contribution < -0.4 is 10.4 Å². The van der Waals surface area contributed by atoms with Gasteiger partial charge in [0, 0.05) is 14.2 Å². The monoisotopic (exact) mass is 446 g/mol. The van der Waals surface area contributed by atoms with Gasteiger partial charge in [0.15, 0.2) is 6.29 Å². The quantitative estimate of drug-likeness (QED) is 0.268. The number of carbonyl (C=O) groups is 1. The molecule has 2 aromatic carbocycles. The van der Waals surface area contributed by atoms with Gasteiger partial charge in [-0.2, -0.15) is 0 Å². The maximum absolute atomic E-state index is 11.7. The summed E-state index contributed by atoms with van der Waals surface area (Å²) >= 11 is 0. The summed E-state index contributed by atoms with van der Waals surface area (Å²) in [6, 6.07) is 20.6. The Hall–Kier alpha value is -1.87. The van der Waals surface area contributed by atoms with Gasteiger partial charge in [-0.1, -0.05) is 81.4 Å². The van der Waals surface area contributed by atoms with Gasteiger partial charge in [-0.05, 0) is 15.4 Å². The SMILES string of the molecule is COCO[C@@H](C=O)[C@H](CO[Si](c1ccccc1)(c1ccccc1)C(C)(C)C)OCOC. The molecule has 6 nitrogen and oxygen atoms in total. The first-order valence-electron chi connectivity index (χ1n) is 10.3. The number of hydrogen-bond donors (Lipinski definition) is 0. The standard InChI is InChI=1S/C24H34O6Si/c1-24(2,3)31(20-12-8-6-9-13-20,21-14-10-7-11-15-21)30-17-23(29-19-27-5)22(16-25)28-18-26-4/h6-16,22-23H,17-19H2,1-5H3/t22-,23-/m0/s1. The molecule has 7 heteroatoms. The number of benzene rings is 2. The first-order valence-corrected chi connectivity index (χ1v) is 12.2. The molecular formula is C24H34O6Si.